The average Bonchev–Trinajstić information content (AvgIpc) is 2.39. The van der Waals surface area contributed by atoms with Gasteiger partial charge in [-0.1, -0.05) is 0 Å². The molecule has 1 saturated heterocycles. The number of nitriles is 1. The van der Waals surface area contributed by atoms with Gasteiger partial charge in [0.25, 0.3) is 0 Å². The zero-order valence-corrected chi connectivity index (χ0v) is 10.9. The number of aliphatic hydroxyl groups excluding tert-OH is 1. The second-order valence-electron chi connectivity index (χ2n) is 4.41. The standard InChI is InChI=1S/C12H13FN2O3S/c13-12-4-3-11(6-9(12)7-14)19(17,18)15-5-1-2-10(16)8-15/h3-4,6,10,16H,1-2,5,8H2. The molecule has 102 valence electrons. The van der Waals surface area contributed by atoms with Crippen molar-refractivity contribution in [1.82, 2.24) is 4.31 Å². The summed E-state index contributed by atoms with van der Waals surface area (Å²) in [6.07, 6.45) is 0.463. The van der Waals surface area contributed by atoms with Crippen LogP contribution < -0.4 is 0 Å². The lowest BCUT2D eigenvalue weighted by Crippen LogP contribution is -2.42. The molecule has 1 aliphatic heterocycles. The van der Waals surface area contributed by atoms with E-state index in [1.807, 2.05) is 0 Å². The Kier molecular flexibility index (Phi) is 3.85. The van der Waals surface area contributed by atoms with Crippen molar-refractivity contribution >= 4 is 10.0 Å². The Bertz CT molecular complexity index is 624. The van der Waals surface area contributed by atoms with Crippen molar-refractivity contribution in [3.63, 3.8) is 0 Å². The lowest BCUT2D eigenvalue weighted by Gasteiger charge is -2.29. The van der Waals surface area contributed by atoms with E-state index >= 15 is 0 Å². The molecule has 0 spiro atoms. The Morgan fingerprint density at radius 2 is 2.21 bits per heavy atom. The van der Waals surface area contributed by atoms with Gasteiger partial charge in [0.2, 0.25) is 10.0 Å². The SMILES string of the molecule is N#Cc1cc(S(=O)(=O)N2CCCC(O)C2)ccc1F. The van der Waals surface area contributed by atoms with Gasteiger partial charge in [0, 0.05) is 13.1 Å². The first-order valence-corrected chi connectivity index (χ1v) is 7.27. The Morgan fingerprint density at radius 3 is 2.84 bits per heavy atom. The van der Waals surface area contributed by atoms with E-state index in [1.54, 1.807) is 6.07 Å². The van der Waals surface area contributed by atoms with Crippen LogP contribution in [-0.2, 0) is 10.0 Å². The molecule has 1 aromatic rings. The van der Waals surface area contributed by atoms with Crippen molar-refractivity contribution in [2.45, 2.75) is 23.8 Å². The molecule has 0 saturated carbocycles. The fraction of sp³-hybridized carbons (Fsp3) is 0.417. The van der Waals surface area contributed by atoms with Gasteiger partial charge in [-0.25, -0.2) is 12.8 Å². The summed E-state index contributed by atoms with van der Waals surface area (Å²) in [6.45, 7) is 0.347. The Balaban J connectivity index is 2.37. The van der Waals surface area contributed by atoms with Crippen molar-refractivity contribution in [2.75, 3.05) is 13.1 Å². The van der Waals surface area contributed by atoms with Gasteiger partial charge in [0.05, 0.1) is 16.6 Å². The minimum absolute atomic E-state index is 0.0294. The van der Waals surface area contributed by atoms with E-state index in [1.165, 1.54) is 0 Å². The molecule has 0 amide bonds. The first-order chi connectivity index (χ1) is 8.95. The molecule has 0 bridgehead atoms. The first-order valence-electron chi connectivity index (χ1n) is 5.83. The van der Waals surface area contributed by atoms with E-state index in [9.17, 15) is 17.9 Å². The van der Waals surface area contributed by atoms with Gasteiger partial charge in [0.1, 0.15) is 11.9 Å². The monoisotopic (exact) mass is 284 g/mol. The molecule has 5 nitrogen and oxygen atoms in total. The van der Waals surface area contributed by atoms with Gasteiger partial charge >= 0.3 is 0 Å². The van der Waals surface area contributed by atoms with E-state index in [-0.39, 0.29) is 17.0 Å². The summed E-state index contributed by atoms with van der Waals surface area (Å²) in [5.41, 5.74) is -0.307. The van der Waals surface area contributed by atoms with Gasteiger partial charge in [-0.2, -0.15) is 9.57 Å². The molecule has 1 unspecified atom stereocenters. The molecule has 1 aromatic carbocycles. The molecule has 1 fully saturated rings. The predicted molar refractivity (Wildman–Crippen MR) is 65.1 cm³/mol. The number of rotatable bonds is 2. The first kappa shape index (κ1) is 13.9. The molecule has 19 heavy (non-hydrogen) atoms. The molecule has 1 atom stereocenters. The number of hydrogen-bond donors (Lipinski definition) is 1. The van der Waals surface area contributed by atoms with E-state index in [4.69, 9.17) is 5.26 Å². The fourth-order valence-corrected chi connectivity index (χ4v) is 3.58. The van der Waals surface area contributed by atoms with Gasteiger partial charge in [0.15, 0.2) is 0 Å². The average molecular weight is 284 g/mol. The second-order valence-corrected chi connectivity index (χ2v) is 6.35. The summed E-state index contributed by atoms with van der Waals surface area (Å²) in [6, 6.07) is 4.73. The summed E-state index contributed by atoms with van der Waals surface area (Å²) in [5, 5.41) is 18.2. The zero-order chi connectivity index (χ0) is 14.0. The molecule has 7 heteroatoms. The van der Waals surface area contributed by atoms with Crippen LogP contribution >= 0.6 is 0 Å². The van der Waals surface area contributed by atoms with Crippen LogP contribution in [0.4, 0.5) is 4.39 Å². The Labute approximate surface area is 110 Å². The van der Waals surface area contributed by atoms with Crippen molar-refractivity contribution in [3.05, 3.63) is 29.6 Å². The van der Waals surface area contributed by atoms with Crippen LogP contribution in [0.1, 0.15) is 18.4 Å². The van der Waals surface area contributed by atoms with E-state index in [2.05, 4.69) is 0 Å². The summed E-state index contributed by atoms with van der Waals surface area (Å²) in [7, 11) is -3.79. The van der Waals surface area contributed by atoms with E-state index in [0.29, 0.717) is 19.4 Å². The van der Waals surface area contributed by atoms with Crippen LogP contribution in [0.25, 0.3) is 0 Å². The number of piperidine rings is 1. The molecular formula is C12H13FN2O3S. The van der Waals surface area contributed by atoms with Crippen molar-refractivity contribution in [1.29, 1.82) is 5.26 Å². The number of β-amino-alcohol motifs (C(OH)–C–C–N with tert-alkyl or cyclic N) is 1. The third-order valence-electron chi connectivity index (χ3n) is 3.06. The summed E-state index contributed by atoms with van der Waals surface area (Å²) in [4.78, 5) is -0.125. The Morgan fingerprint density at radius 1 is 1.47 bits per heavy atom. The molecule has 0 aromatic heterocycles. The lowest BCUT2D eigenvalue weighted by atomic mass is 10.1. The van der Waals surface area contributed by atoms with Crippen molar-refractivity contribution in [2.24, 2.45) is 0 Å². The maximum absolute atomic E-state index is 13.2. The minimum Gasteiger partial charge on any atom is -0.392 e. The number of aliphatic hydroxyl groups is 1. The third kappa shape index (κ3) is 2.76. The fourth-order valence-electron chi connectivity index (χ4n) is 2.04. The summed E-state index contributed by atoms with van der Waals surface area (Å²) < 4.78 is 38.9. The topological polar surface area (TPSA) is 81.4 Å². The molecule has 1 aliphatic rings. The Hall–Kier alpha value is -1.49. The lowest BCUT2D eigenvalue weighted by molar-refractivity contribution is 0.108. The van der Waals surface area contributed by atoms with Crippen LogP contribution in [-0.4, -0.2) is 37.0 Å². The second kappa shape index (κ2) is 5.25. The normalized spacial score (nSPS) is 21.0. The zero-order valence-electron chi connectivity index (χ0n) is 10.1. The third-order valence-corrected chi connectivity index (χ3v) is 4.92. The highest BCUT2D eigenvalue weighted by Gasteiger charge is 2.29. The molecular weight excluding hydrogens is 271 g/mol. The van der Waals surface area contributed by atoms with Gasteiger partial charge < -0.3 is 5.11 Å². The highest BCUT2D eigenvalue weighted by atomic mass is 32.2. The van der Waals surface area contributed by atoms with Crippen LogP contribution in [0.2, 0.25) is 0 Å². The molecule has 2 rings (SSSR count). The molecule has 0 aliphatic carbocycles. The number of sulfonamides is 1. The number of hydrogen-bond acceptors (Lipinski definition) is 4. The molecule has 0 radical (unpaired) electrons. The predicted octanol–water partition coefficient (Wildman–Crippen LogP) is 0.843. The van der Waals surface area contributed by atoms with Crippen LogP contribution in [0.3, 0.4) is 0 Å². The smallest absolute Gasteiger partial charge is 0.243 e. The van der Waals surface area contributed by atoms with Crippen molar-refractivity contribution in [3.8, 4) is 6.07 Å². The maximum Gasteiger partial charge on any atom is 0.243 e. The maximum atomic E-state index is 13.2. The number of benzene rings is 1. The van der Waals surface area contributed by atoms with Crippen LogP contribution in [0, 0.1) is 17.1 Å². The van der Waals surface area contributed by atoms with E-state index < -0.39 is 21.9 Å². The highest BCUT2D eigenvalue weighted by Crippen LogP contribution is 2.22. The minimum atomic E-state index is -3.79. The molecule has 1 heterocycles. The number of nitrogens with zero attached hydrogens (tertiary/aromatic N) is 2. The van der Waals surface area contributed by atoms with Crippen LogP contribution in [0.5, 0.6) is 0 Å². The molecule has 1 N–H and O–H groups in total. The van der Waals surface area contributed by atoms with Crippen LogP contribution in [0.15, 0.2) is 23.1 Å². The number of halogens is 1. The van der Waals surface area contributed by atoms with E-state index in [0.717, 1.165) is 22.5 Å². The summed E-state index contributed by atoms with van der Waals surface area (Å²) >= 11 is 0. The van der Waals surface area contributed by atoms with Crippen molar-refractivity contribution < 1.29 is 17.9 Å². The van der Waals surface area contributed by atoms with Gasteiger partial charge in [-0.05, 0) is 31.0 Å². The summed E-state index contributed by atoms with van der Waals surface area (Å²) in [5.74, 6) is -0.750. The largest absolute Gasteiger partial charge is 0.392 e. The van der Waals surface area contributed by atoms with Gasteiger partial charge in [-0.3, -0.25) is 0 Å². The quantitative estimate of drug-likeness (QED) is 0.872. The highest BCUT2D eigenvalue weighted by molar-refractivity contribution is 7.89. The van der Waals surface area contributed by atoms with Gasteiger partial charge in [-0.15, -0.1) is 0 Å².